The van der Waals surface area contributed by atoms with E-state index in [4.69, 9.17) is 17.2 Å². The Balaban J connectivity index is 2.37. The van der Waals surface area contributed by atoms with Gasteiger partial charge in [-0.25, -0.2) is 13.2 Å². The average molecular weight is 743 g/mol. The van der Waals surface area contributed by atoms with Crippen LogP contribution < -0.4 is 38.5 Å². The van der Waals surface area contributed by atoms with E-state index < -0.39 is 120 Å². The van der Waals surface area contributed by atoms with Crippen molar-refractivity contribution in [2.75, 3.05) is 13.2 Å². The number of carbonyl (C=O) groups is 7. The monoisotopic (exact) mass is 742 g/mol. The van der Waals surface area contributed by atoms with Crippen molar-refractivity contribution in [2.45, 2.75) is 102 Å². The van der Waals surface area contributed by atoms with Gasteiger partial charge in [0, 0.05) is 30.7 Å². The van der Waals surface area contributed by atoms with E-state index in [2.05, 4.69) is 21.3 Å². The van der Waals surface area contributed by atoms with Crippen molar-refractivity contribution >= 4 is 41.4 Å². The van der Waals surface area contributed by atoms with Crippen molar-refractivity contribution in [3.63, 3.8) is 0 Å². The normalized spacial score (nSPS) is 17.1. The highest BCUT2D eigenvalue weighted by molar-refractivity contribution is 5.98. The molecular formula is C33H49F3N8O8. The first-order chi connectivity index (χ1) is 24.2. The summed E-state index contributed by atoms with van der Waals surface area (Å²) >= 11 is 0. The van der Waals surface area contributed by atoms with Crippen LogP contribution in [-0.2, 0) is 40.0 Å². The van der Waals surface area contributed by atoms with Crippen LogP contribution in [0, 0.1) is 29.3 Å². The zero-order chi connectivity index (χ0) is 39.4. The third-order valence-corrected chi connectivity index (χ3v) is 8.24. The smallest absolute Gasteiger partial charge is 0.246 e. The number of nitrogens with zero attached hydrogens (tertiary/aromatic N) is 1. The molecule has 1 fully saturated rings. The van der Waals surface area contributed by atoms with Crippen molar-refractivity contribution in [2.24, 2.45) is 29.0 Å². The van der Waals surface area contributed by atoms with Crippen molar-refractivity contribution in [1.29, 1.82) is 0 Å². The second-order valence-corrected chi connectivity index (χ2v) is 13.6. The Hall–Kier alpha value is -4.78. The Morgan fingerprint density at radius 1 is 0.788 bits per heavy atom. The van der Waals surface area contributed by atoms with Crippen molar-refractivity contribution in [3.05, 3.63) is 35.1 Å². The molecule has 0 aliphatic carbocycles. The number of likely N-dealkylation sites (tertiary alicyclic amines) is 1. The fourth-order valence-electron chi connectivity index (χ4n) is 5.69. The van der Waals surface area contributed by atoms with Crippen LogP contribution in [0.4, 0.5) is 13.2 Å². The average Bonchev–Trinajstić information content (AvgIpc) is 3.54. The third-order valence-electron chi connectivity index (χ3n) is 8.24. The summed E-state index contributed by atoms with van der Waals surface area (Å²) in [6.45, 7) is 6.22. The van der Waals surface area contributed by atoms with E-state index in [-0.39, 0.29) is 31.2 Å². The van der Waals surface area contributed by atoms with E-state index >= 15 is 0 Å². The van der Waals surface area contributed by atoms with Crippen LogP contribution in [0.1, 0.15) is 65.4 Å². The van der Waals surface area contributed by atoms with Crippen molar-refractivity contribution in [1.82, 2.24) is 26.2 Å². The van der Waals surface area contributed by atoms with Crippen molar-refractivity contribution in [3.8, 4) is 0 Å². The summed E-state index contributed by atoms with van der Waals surface area (Å²) in [4.78, 5) is 91.8. The summed E-state index contributed by atoms with van der Waals surface area (Å²) in [6, 6.07) is -7.70. The van der Waals surface area contributed by atoms with E-state index in [1.807, 2.05) is 0 Å². The minimum absolute atomic E-state index is 0.0197. The number of aliphatic hydroxyl groups is 1. The molecule has 1 aromatic carbocycles. The van der Waals surface area contributed by atoms with Crippen molar-refractivity contribution < 1.29 is 51.8 Å². The Morgan fingerprint density at radius 3 is 1.69 bits per heavy atom. The molecule has 0 spiro atoms. The van der Waals surface area contributed by atoms with Gasteiger partial charge in [-0.3, -0.25) is 33.6 Å². The molecule has 11 N–H and O–H groups in total. The molecule has 1 aliphatic rings. The third kappa shape index (κ3) is 12.8. The highest BCUT2D eigenvalue weighted by atomic mass is 19.1. The van der Waals surface area contributed by atoms with Crippen LogP contribution in [0.15, 0.2) is 12.1 Å². The standard InChI is InChI=1S/C33H49F3N8O8/c1-15(2)8-22(42-32(51)24(40-29(48)21(37)14-45)12-18-19(35)10-17(34)11-20(18)36)30(49)41-23(9-16(3)4)31(50)43-25(13-27(38)46)33(52)44-7-5-6-26(44)28(39)47/h10-11,15-16,21-26,45H,5-9,12-14,37H2,1-4H3,(H2,38,46)(H2,39,47)(H,40,48)(H,41,49)(H,42,51)(H,43,50)/t21-,22-,23-,24-,25-,26-/m0/s1. The summed E-state index contributed by atoms with van der Waals surface area (Å²) in [5, 5.41) is 18.9. The SMILES string of the molecule is CC(C)C[C@H](NC(=O)[C@H](Cc1c(F)cc(F)cc1F)NC(=O)[C@@H](N)CO)C(=O)N[C@@H](CC(C)C)C(=O)N[C@@H](CC(N)=O)C(=O)N1CCC[C@H]1C(N)=O. The van der Waals surface area contributed by atoms with Gasteiger partial charge in [-0.1, -0.05) is 27.7 Å². The number of nitrogens with one attached hydrogen (secondary N) is 4. The summed E-state index contributed by atoms with van der Waals surface area (Å²) in [5.74, 6) is -10.8. The highest BCUT2D eigenvalue weighted by Gasteiger charge is 2.39. The van der Waals surface area contributed by atoms with Gasteiger partial charge in [-0.2, -0.15) is 0 Å². The molecule has 19 heteroatoms. The molecule has 0 bridgehead atoms. The first kappa shape index (κ1) is 43.4. The Kier molecular flexibility index (Phi) is 16.5. The molecule has 52 heavy (non-hydrogen) atoms. The first-order valence-electron chi connectivity index (χ1n) is 16.8. The minimum atomic E-state index is -1.77. The minimum Gasteiger partial charge on any atom is -0.394 e. The highest BCUT2D eigenvalue weighted by Crippen LogP contribution is 2.20. The fraction of sp³-hybridized carbons (Fsp3) is 0.606. The molecule has 0 radical (unpaired) electrons. The number of hydrogen-bond acceptors (Lipinski definition) is 9. The van der Waals surface area contributed by atoms with Gasteiger partial charge in [0.05, 0.1) is 13.0 Å². The lowest BCUT2D eigenvalue weighted by Crippen LogP contribution is -2.60. The molecule has 1 aromatic rings. The van der Waals surface area contributed by atoms with E-state index in [1.54, 1.807) is 27.7 Å². The molecule has 7 amide bonds. The Labute approximate surface area is 299 Å². The van der Waals surface area contributed by atoms with Gasteiger partial charge in [-0.05, 0) is 37.5 Å². The molecule has 290 valence electrons. The number of hydrogen-bond donors (Lipinski definition) is 8. The second kappa shape index (κ2) is 19.7. The number of aliphatic hydroxyl groups excluding tert-OH is 1. The number of halogens is 3. The first-order valence-corrected chi connectivity index (χ1v) is 16.8. The maximum atomic E-state index is 14.6. The lowest BCUT2D eigenvalue weighted by Gasteiger charge is -2.30. The second-order valence-electron chi connectivity index (χ2n) is 13.6. The number of amides is 7. The quantitative estimate of drug-likeness (QED) is 0.0806. The summed E-state index contributed by atoms with van der Waals surface area (Å²) < 4.78 is 42.7. The molecular weight excluding hydrogens is 693 g/mol. The zero-order valence-corrected chi connectivity index (χ0v) is 29.5. The molecule has 2 rings (SSSR count). The molecule has 0 saturated carbocycles. The predicted octanol–water partition coefficient (Wildman–Crippen LogP) is -1.65. The van der Waals surface area contributed by atoms with E-state index in [9.17, 15) is 51.8 Å². The van der Waals surface area contributed by atoms with Gasteiger partial charge in [0.15, 0.2) is 0 Å². The molecule has 1 aliphatic heterocycles. The number of carbonyl (C=O) groups excluding carboxylic acids is 7. The van der Waals surface area contributed by atoms with Gasteiger partial charge in [0.1, 0.15) is 53.7 Å². The largest absolute Gasteiger partial charge is 0.394 e. The number of primary amides is 2. The maximum absolute atomic E-state index is 14.6. The number of nitrogens with two attached hydrogens (primary N) is 3. The summed E-state index contributed by atoms with van der Waals surface area (Å²) in [7, 11) is 0. The zero-order valence-electron chi connectivity index (χ0n) is 29.5. The van der Waals surface area contributed by atoms with Gasteiger partial charge in [-0.15, -0.1) is 0 Å². The van der Waals surface area contributed by atoms with Gasteiger partial charge in [0.2, 0.25) is 41.4 Å². The molecule has 1 heterocycles. The van der Waals surface area contributed by atoms with Gasteiger partial charge < -0.3 is 48.5 Å². The van der Waals surface area contributed by atoms with E-state index in [0.717, 1.165) is 4.90 Å². The summed E-state index contributed by atoms with van der Waals surface area (Å²) in [6.07, 6.45) is -0.728. The molecule has 0 aromatic heterocycles. The predicted molar refractivity (Wildman–Crippen MR) is 179 cm³/mol. The molecule has 1 saturated heterocycles. The molecule has 6 atom stereocenters. The van der Waals surface area contributed by atoms with Crippen LogP contribution in [0.2, 0.25) is 0 Å². The van der Waals surface area contributed by atoms with E-state index in [0.29, 0.717) is 25.0 Å². The van der Waals surface area contributed by atoms with Crippen LogP contribution in [-0.4, -0.2) is 101 Å². The Bertz CT molecular complexity index is 1470. The van der Waals surface area contributed by atoms with Crippen LogP contribution in [0.3, 0.4) is 0 Å². The van der Waals surface area contributed by atoms with E-state index in [1.165, 1.54) is 0 Å². The fourth-order valence-corrected chi connectivity index (χ4v) is 5.69. The lowest BCUT2D eigenvalue weighted by molar-refractivity contribution is -0.142. The number of rotatable bonds is 19. The number of benzene rings is 1. The maximum Gasteiger partial charge on any atom is 0.246 e. The molecule has 16 nitrogen and oxygen atoms in total. The van der Waals surface area contributed by atoms with Crippen LogP contribution in [0.25, 0.3) is 0 Å². The molecule has 0 unspecified atom stereocenters. The Morgan fingerprint density at radius 2 is 1.25 bits per heavy atom. The van der Waals surface area contributed by atoms with Crippen LogP contribution in [0.5, 0.6) is 0 Å². The topological polar surface area (TPSA) is 269 Å². The summed E-state index contributed by atoms with van der Waals surface area (Å²) in [5.41, 5.74) is 15.6. The van der Waals surface area contributed by atoms with Crippen LogP contribution >= 0.6 is 0 Å². The van der Waals surface area contributed by atoms with Gasteiger partial charge >= 0.3 is 0 Å². The lowest BCUT2D eigenvalue weighted by atomic mass is 9.98. The van der Waals surface area contributed by atoms with Gasteiger partial charge in [0.25, 0.3) is 0 Å².